The van der Waals surface area contributed by atoms with Gasteiger partial charge in [0, 0.05) is 5.69 Å². The lowest BCUT2D eigenvalue weighted by Crippen LogP contribution is -2.17. The van der Waals surface area contributed by atoms with Gasteiger partial charge in [0.1, 0.15) is 10.7 Å². The molecule has 0 aliphatic carbocycles. The smallest absolute Gasteiger partial charge is 0.181 e. The number of nitrogen functional groups attached to an aromatic ring is 1. The molecule has 1 aromatic carbocycles. The normalized spacial score (nSPS) is 13.4. The quantitative estimate of drug-likeness (QED) is 0.782. The third kappa shape index (κ3) is 4.49. The third-order valence-corrected chi connectivity index (χ3v) is 5.20. The van der Waals surface area contributed by atoms with Gasteiger partial charge in [-0.15, -0.1) is 0 Å². The first-order valence-corrected chi connectivity index (χ1v) is 8.33. The molecule has 0 saturated heterocycles. The number of benzene rings is 1. The predicted octanol–water partition coefficient (Wildman–Crippen LogP) is 3.40. The lowest BCUT2D eigenvalue weighted by Gasteiger charge is -2.15. The van der Waals surface area contributed by atoms with Crippen LogP contribution in [0.1, 0.15) is 39.5 Å². The van der Waals surface area contributed by atoms with Crippen LogP contribution in [0.5, 0.6) is 0 Å². The molecular formula is C14H22FNO2S. The highest BCUT2D eigenvalue weighted by molar-refractivity contribution is 7.91. The Labute approximate surface area is 114 Å². The van der Waals surface area contributed by atoms with E-state index < -0.39 is 15.7 Å². The molecule has 3 nitrogen and oxygen atoms in total. The van der Waals surface area contributed by atoms with Crippen LogP contribution >= 0.6 is 0 Å². The predicted molar refractivity (Wildman–Crippen MR) is 76.2 cm³/mol. The average molecular weight is 287 g/mol. The lowest BCUT2D eigenvalue weighted by molar-refractivity contribution is 0.481. The van der Waals surface area contributed by atoms with Gasteiger partial charge in [-0.2, -0.15) is 0 Å². The Kier molecular flexibility index (Phi) is 5.79. The summed E-state index contributed by atoms with van der Waals surface area (Å²) in [7, 11) is -3.58. The molecule has 1 unspecified atom stereocenters. The maximum absolute atomic E-state index is 13.7. The molecule has 0 heterocycles. The van der Waals surface area contributed by atoms with E-state index in [0.717, 1.165) is 31.7 Å². The molecule has 1 aromatic rings. The van der Waals surface area contributed by atoms with Crippen LogP contribution in [0.25, 0.3) is 0 Å². The highest BCUT2D eigenvalue weighted by Crippen LogP contribution is 2.23. The topological polar surface area (TPSA) is 60.2 Å². The number of sulfone groups is 1. The Morgan fingerprint density at radius 2 is 2.00 bits per heavy atom. The number of nitrogens with two attached hydrogens (primary N) is 1. The van der Waals surface area contributed by atoms with Crippen molar-refractivity contribution in [3.8, 4) is 0 Å². The van der Waals surface area contributed by atoms with Crippen molar-refractivity contribution < 1.29 is 12.8 Å². The van der Waals surface area contributed by atoms with Gasteiger partial charge < -0.3 is 5.73 Å². The molecule has 0 spiro atoms. The molecule has 0 fully saturated rings. The SMILES string of the molecule is CCCCC(CC)CS(=O)(=O)c1ccc(N)cc1F. The van der Waals surface area contributed by atoms with Crippen LogP contribution in [0.15, 0.2) is 23.1 Å². The van der Waals surface area contributed by atoms with Crippen LogP contribution in [0, 0.1) is 11.7 Å². The summed E-state index contributed by atoms with van der Waals surface area (Å²) >= 11 is 0. The minimum Gasteiger partial charge on any atom is -0.399 e. The fraction of sp³-hybridized carbons (Fsp3) is 0.571. The molecule has 1 rings (SSSR count). The third-order valence-electron chi connectivity index (χ3n) is 3.29. The van der Waals surface area contributed by atoms with Crippen molar-refractivity contribution in [1.82, 2.24) is 0 Å². The molecular weight excluding hydrogens is 265 g/mol. The highest BCUT2D eigenvalue weighted by Gasteiger charge is 2.23. The van der Waals surface area contributed by atoms with E-state index >= 15 is 0 Å². The second-order valence-electron chi connectivity index (χ2n) is 4.89. The lowest BCUT2D eigenvalue weighted by atomic mass is 10.0. The van der Waals surface area contributed by atoms with E-state index in [2.05, 4.69) is 6.92 Å². The van der Waals surface area contributed by atoms with E-state index in [1.165, 1.54) is 12.1 Å². The van der Waals surface area contributed by atoms with Crippen molar-refractivity contribution in [2.75, 3.05) is 11.5 Å². The Bertz CT molecular complexity index is 514. The van der Waals surface area contributed by atoms with Crippen LogP contribution in [0.2, 0.25) is 0 Å². The summed E-state index contributed by atoms with van der Waals surface area (Å²) in [6.07, 6.45) is 3.68. The molecule has 0 aliphatic heterocycles. The van der Waals surface area contributed by atoms with Crippen molar-refractivity contribution >= 4 is 15.5 Å². The first-order chi connectivity index (χ1) is 8.90. The number of rotatable bonds is 7. The van der Waals surface area contributed by atoms with Crippen molar-refractivity contribution in [2.45, 2.75) is 44.4 Å². The summed E-state index contributed by atoms with van der Waals surface area (Å²) in [4.78, 5) is -0.239. The molecule has 0 radical (unpaired) electrons. The minimum absolute atomic E-state index is 0.00430. The van der Waals surface area contributed by atoms with E-state index in [1.54, 1.807) is 0 Å². The molecule has 0 aromatic heterocycles. The Balaban J connectivity index is 2.90. The van der Waals surface area contributed by atoms with E-state index in [1.807, 2.05) is 6.92 Å². The number of hydrogen-bond donors (Lipinski definition) is 1. The summed E-state index contributed by atoms with van der Waals surface area (Å²) in [5.74, 6) is -0.670. The van der Waals surface area contributed by atoms with Crippen molar-refractivity contribution in [1.29, 1.82) is 0 Å². The molecule has 0 saturated carbocycles. The van der Waals surface area contributed by atoms with Gasteiger partial charge in [-0.05, 0) is 30.5 Å². The maximum atomic E-state index is 13.7. The van der Waals surface area contributed by atoms with E-state index in [-0.39, 0.29) is 22.3 Å². The monoisotopic (exact) mass is 287 g/mol. The average Bonchev–Trinajstić information content (AvgIpc) is 2.33. The van der Waals surface area contributed by atoms with Gasteiger partial charge in [-0.25, -0.2) is 12.8 Å². The molecule has 19 heavy (non-hydrogen) atoms. The van der Waals surface area contributed by atoms with Gasteiger partial charge in [0.25, 0.3) is 0 Å². The molecule has 5 heteroatoms. The van der Waals surface area contributed by atoms with Crippen molar-refractivity contribution in [3.05, 3.63) is 24.0 Å². The van der Waals surface area contributed by atoms with Gasteiger partial charge in [-0.3, -0.25) is 0 Å². The molecule has 0 amide bonds. The van der Waals surface area contributed by atoms with Crippen LogP contribution in [0.3, 0.4) is 0 Å². The standard InChI is InChI=1S/C14H22FNO2S/c1-3-5-6-11(4-2)10-19(17,18)14-8-7-12(16)9-13(14)15/h7-9,11H,3-6,10,16H2,1-2H3. The van der Waals surface area contributed by atoms with Gasteiger partial charge in [0.15, 0.2) is 9.84 Å². The summed E-state index contributed by atoms with van der Waals surface area (Å²) in [6.45, 7) is 4.04. The second-order valence-corrected chi connectivity index (χ2v) is 6.89. The first kappa shape index (κ1) is 16.0. The fourth-order valence-electron chi connectivity index (χ4n) is 2.07. The van der Waals surface area contributed by atoms with Gasteiger partial charge >= 0.3 is 0 Å². The molecule has 0 bridgehead atoms. The Hall–Kier alpha value is -1.10. The highest BCUT2D eigenvalue weighted by atomic mass is 32.2. The number of halogens is 1. The first-order valence-electron chi connectivity index (χ1n) is 6.68. The fourth-order valence-corrected chi connectivity index (χ4v) is 3.90. The summed E-state index contributed by atoms with van der Waals surface area (Å²) in [6, 6.07) is 3.73. The van der Waals surface area contributed by atoms with Crippen LogP contribution < -0.4 is 5.73 Å². The summed E-state index contributed by atoms with van der Waals surface area (Å²) in [5.41, 5.74) is 5.66. The van der Waals surface area contributed by atoms with Crippen LogP contribution in [-0.4, -0.2) is 14.2 Å². The largest absolute Gasteiger partial charge is 0.399 e. The Morgan fingerprint density at radius 1 is 1.32 bits per heavy atom. The molecule has 0 aliphatic rings. The zero-order chi connectivity index (χ0) is 14.5. The summed E-state index contributed by atoms with van der Waals surface area (Å²) < 4.78 is 38.1. The maximum Gasteiger partial charge on any atom is 0.181 e. The van der Waals surface area contributed by atoms with E-state index in [4.69, 9.17) is 5.73 Å². The van der Waals surface area contributed by atoms with Gasteiger partial charge in [-0.1, -0.05) is 33.1 Å². The van der Waals surface area contributed by atoms with Crippen molar-refractivity contribution in [3.63, 3.8) is 0 Å². The van der Waals surface area contributed by atoms with Gasteiger partial charge in [0.05, 0.1) is 5.75 Å². The second kappa shape index (κ2) is 6.89. The van der Waals surface area contributed by atoms with Gasteiger partial charge in [0.2, 0.25) is 0 Å². The zero-order valence-corrected chi connectivity index (χ0v) is 12.3. The summed E-state index contributed by atoms with van der Waals surface area (Å²) in [5, 5.41) is 0. The molecule has 2 N–H and O–H groups in total. The van der Waals surface area contributed by atoms with E-state index in [0.29, 0.717) is 0 Å². The molecule has 108 valence electrons. The number of anilines is 1. The Morgan fingerprint density at radius 3 is 2.53 bits per heavy atom. The van der Waals surface area contributed by atoms with Crippen molar-refractivity contribution in [2.24, 2.45) is 5.92 Å². The number of unbranched alkanes of at least 4 members (excludes halogenated alkanes) is 1. The zero-order valence-electron chi connectivity index (χ0n) is 11.5. The van der Waals surface area contributed by atoms with Crippen LogP contribution in [0.4, 0.5) is 10.1 Å². The number of hydrogen-bond acceptors (Lipinski definition) is 3. The molecule has 1 atom stereocenters. The van der Waals surface area contributed by atoms with E-state index in [9.17, 15) is 12.8 Å². The van der Waals surface area contributed by atoms with Crippen LogP contribution in [-0.2, 0) is 9.84 Å². The minimum atomic E-state index is -3.58.